The van der Waals surface area contributed by atoms with Gasteiger partial charge in [0.05, 0.1) is 6.04 Å². The average molecular weight is 226 g/mol. The third-order valence-electron chi connectivity index (χ3n) is 3.60. The minimum absolute atomic E-state index is 0.00287. The zero-order valence-corrected chi connectivity index (χ0v) is 11.1. The molecule has 0 radical (unpaired) electrons. The van der Waals surface area contributed by atoms with Crippen molar-refractivity contribution in [2.45, 2.75) is 71.4 Å². The predicted molar refractivity (Wildman–Crippen MR) is 67.1 cm³/mol. The summed E-state index contributed by atoms with van der Waals surface area (Å²) in [5.41, 5.74) is 5.76. The zero-order chi connectivity index (χ0) is 12.4. The first kappa shape index (κ1) is 13.5. The van der Waals surface area contributed by atoms with Crippen LogP contribution in [0.4, 0.5) is 0 Å². The van der Waals surface area contributed by atoms with Gasteiger partial charge < -0.3 is 11.1 Å². The van der Waals surface area contributed by atoms with Crippen molar-refractivity contribution in [1.29, 1.82) is 0 Å². The van der Waals surface area contributed by atoms with Gasteiger partial charge in [-0.3, -0.25) is 4.79 Å². The Hall–Kier alpha value is -0.570. The van der Waals surface area contributed by atoms with Crippen LogP contribution in [-0.2, 0) is 4.79 Å². The Morgan fingerprint density at radius 3 is 2.19 bits per heavy atom. The first-order valence-electron chi connectivity index (χ1n) is 6.32. The summed E-state index contributed by atoms with van der Waals surface area (Å²) in [6, 6.07) is -0.425. The number of hydrogen-bond acceptors (Lipinski definition) is 2. The van der Waals surface area contributed by atoms with Gasteiger partial charge in [-0.05, 0) is 25.2 Å². The molecule has 0 aliphatic heterocycles. The van der Waals surface area contributed by atoms with Crippen LogP contribution in [0.15, 0.2) is 0 Å². The lowest BCUT2D eigenvalue weighted by atomic mass is 9.81. The summed E-state index contributed by atoms with van der Waals surface area (Å²) in [5, 5.41) is 3.14. The van der Waals surface area contributed by atoms with Crippen LogP contribution in [0.1, 0.15) is 59.8 Å². The topological polar surface area (TPSA) is 55.1 Å². The van der Waals surface area contributed by atoms with Gasteiger partial charge in [-0.1, -0.05) is 40.0 Å². The van der Waals surface area contributed by atoms with Crippen LogP contribution in [-0.4, -0.2) is 17.5 Å². The monoisotopic (exact) mass is 226 g/mol. The highest BCUT2D eigenvalue weighted by molar-refractivity contribution is 5.83. The molecule has 3 nitrogen and oxygen atoms in total. The molecule has 1 rings (SSSR count). The lowest BCUT2D eigenvalue weighted by Crippen LogP contribution is -2.56. The smallest absolute Gasteiger partial charge is 0.237 e. The van der Waals surface area contributed by atoms with Crippen LogP contribution in [0.2, 0.25) is 0 Å². The molecule has 0 spiro atoms. The predicted octanol–water partition coefficient (Wildman–Crippen LogP) is 2.20. The molecule has 16 heavy (non-hydrogen) atoms. The van der Waals surface area contributed by atoms with Gasteiger partial charge in [0.25, 0.3) is 0 Å². The van der Waals surface area contributed by atoms with E-state index in [0.29, 0.717) is 0 Å². The van der Waals surface area contributed by atoms with E-state index in [1.807, 2.05) is 20.8 Å². The maximum atomic E-state index is 12.0. The van der Waals surface area contributed by atoms with Crippen molar-refractivity contribution in [3.63, 3.8) is 0 Å². The lowest BCUT2D eigenvalue weighted by Gasteiger charge is -2.37. The normalized spacial score (nSPS) is 22.6. The summed E-state index contributed by atoms with van der Waals surface area (Å²) in [4.78, 5) is 12.0. The fraction of sp³-hybridized carbons (Fsp3) is 0.923. The van der Waals surface area contributed by atoms with Crippen LogP contribution in [0.25, 0.3) is 0 Å². The molecule has 0 heterocycles. The molecule has 0 aromatic carbocycles. The van der Waals surface area contributed by atoms with Crippen LogP contribution in [0.3, 0.4) is 0 Å². The molecule has 1 saturated carbocycles. The Kier molecular flexibility index (Phi) is 4.00. The van der Waals surface area contributed by atoms with Crippen molar-refractivity contribution in [1.82, 2.24) is 5.32 Å². The molecule has 0 bridgehead atoms. The second kappa shape index (κ2) is 4.74. The molecule has 3 N–H and O–H groups in total. The number of nitrogens with one attached hydrogen (secondary N) is 1. The molecular weight excluding hydrogens is 200 g/mol. The summed E-state index contributed by atoms with van der Waals surface area (Å²) in [7, 11) is 0. The molecule has 1 amide bonds. The maximum absolute atomic E-state index is 12.0. The van der Waals surface area contributed by atoms with Gasteiger partial charge in [-0.15, -0.1) is 0 Å². The minimum atomic E-state index is -0.425. The quantitative estimate of drug-likeness (QED) is 0.758. The highest BCUT2D eigenvalue weighted by Gasteiger charge is 2.33. The third-order valence-corrected chi connectivity index (χ3v) is 3.60. The van der Waals surface area contributed by atoms with Gasteiger partial charge in [-0.2, -0.15) is 0 Å². The Morgan fingerprint density at radius 1 is 1.25 bits per heavy atom. The standard InChI is InChI=1S/C13H26N2O/c1-12(2,3)10(14)11(16)15-13(4)8-6-5-7-9-13/h10H,5-9,14H2,1-4H3,(H,15,16)/t10-/m1/s1. The van der Waals surface area contributed by atoms with Crippen molar-refractivity contribution >= 4 is 5.91 Å². The number of amides is 1. The largest absolute Gasteiger partial charge is 0.350 e. The highest BCUT2D eigenvalue weighted by Crippen LogP contribution is 2.28. The first-order valence-corrected chi connectivity index (χ1v) is 6.32. The van der Waals surface area contributed by atoms with Gasteiger partial charge in [0.15, 0.2) is 0 Å². The van der Waals surface area contributed by atoms with E-state index in [4.69, 9.17) is 5.73 Å². The van der Waals surface area contributed by atoms with Crippen molar-refractivity contribution < 1.29 is 4.79 Å². The van der Waals surface area contributed by atoms with Crippen molar-refractivity contribution in [3.8, 4) is 0 Å². The van der Waals surface area contributed by atoms with E-state index < -0.39 is 6.04 Å². The van der Waals surface area contributed by atoms with Gasteiger partial charge in [0.1, 0.15) is 0 Å². The molecule has 94 valence electrons. The summed E-state index contributed by atoms with van der Waals surface area (Å²) in [5.74, 6) is -0.00287. The molecule has 1 aliphatic carbocycles. The Bertz CT molecular complexity index is 249. The van der Waals surface area contributed by atoms with E-state index in [-0.39, 0.29) is 16.9 Å². The maximum Gasteiger partial charge on any atom is 0.237 e. The van der Waals surface area contributed by atoms with Crippen molar-refractivity contribution in [3.05, 3.63) is 0 Å². The van der Waals surface area contributed by atoms with E-state index in [2.05, 4.69) is 12.2 Å². The molecule has 1 aliphatic rings. The number of rotatable bonds is 2. The van der Waals surface area contributed by atoms with E-state index in [9.17, 15) is 4.79 Å². The second-order valence-electron chi connectivity index (χ2n) is 6.45. The first-order chi connectivity index (χ1) is 7.25. The number of nitrogens with two attached hydrogens (primary N) is 1. The molecule has 1 atom stereocenters. The van der Waals surface area contributed by atoms with Gasteiger partial charge >= 0.3 is 0 Å². The summed E-state index contributed by atoms with van der Waals surface area (Å²) in [6.07, 6.45) is 5.87. The fourth-order valence-corrected chi connectivity index (χ4v) is 2.23. The Labute approximate surface area is 99.2 Å². The fourth-order valence-electron chi connectivity index (χ4n) is 2.23. The van der Waals surface area contributed by atoms with E-state index in [1.165, 1.54) is 19.3 Å². The van der Waals surface area contributed by atoms with E-state index >= 15 is 0 Å². The van der Waals surface area contributed by atoms with Gasteiger partial charge in [0.2, 0.25) is 5.91 Å². The zero-order valence-electron chi connectivity index (χ0n) is 11.1. The molecule has 0 aromatic heterocycles. The van der Waals surface area contributed by atoms with E-state index in [1.54, 1.807) is 0 Å². The Morgan fingerprint density at radius 2 is 1.75 bits per heavy atom. The van der Waals surface area contributed by atoms with Crippen LogP contribution in [0, 0.1) is 5.41 Å². The highest BCUT2D eigenvalue weighted by atomic mass is 16.2. The number of hydrogen-bond donors (Lipinski definition) is 2. The molecule has 3 heteroatoms. The van der Waals surface area contributed by atoms with Crippen LogP contribution < -0.4 is 11.1 Å². The summed E-state index contributed by atoms with van der Waals surface area (Å²) in [6.45, 7) is 8.14. The lowest BCUT2D eigenvalue weighted by molar-refractivity contribution is -0.126. The Balaban J connectivity index is 2.56. The second-order valence-corrected chi connectivity index (χ2v) is 6.45. The molecule has 0 aromatic rings. The molecule has 1 fully saturated rings. The van der Waals surface area contributed by atoms with Crippen molar-refractivity contribution in [2.24, 2.45) is 11.1 Å². The summed E-state index contributed by atoms with van der Waals surface area (Å²) >= 11 is 0. The SMILES string of the molecule is CC1(NC(=O)[C@@H](N)C(C)(C)C)CCCCC1. The summed E-state index contributed by atoms with van der Waals surface area (Å²) < 4.78 is 0. The van der Waals surface area contributed by atoms with Crippen LogP contribution in [0.5, 0.6) is 0 Å². The number of carbonyl (C=O) groups excluding carboxylic acids is 1. The van der Waals surface area contributed by atoms with E-state index in [0.717, 1.165) is 12.8 Å². The van der Waals surface area contributed by atoms with Crippen molar-refractivity contribution in [2.75, 3.05) is 0 Å². The number of carbonyl (C=O) groups is 1. The van der Waals surface area contributed by atoms with Gasteiger partial charge in [0, 0.05) is 5.54 Å². The minimum Gasteiger partial charge on any atom is -0.350 e. The molecule has 0 saturated heterocycles. The average Bonchev–Trinajstić information content (AvgIpc) is 2.15. The van der Waals surface area contributed by atoms with Gasteiger partial charge in [-0.25, -0.2) is 0 Å². The third kappa shape index (κ3) is 3.48. The molecular formula is C13H26N2O. The molecule has 0 unspecified atom stereocenters. The van der Waals surface area contributed by atoms with Crippen LogP contribution >= 0.6 is 0 Å².